The monoisotopic (exact) mass is 250 g/mol. The van der Waals surface area contributed by atoms with Gasteiger partial charge in [-0.3, -0.25) is 4.79 Å². The molecular weight excluding hydrogens is 236 g/mol. The van der Waals surface area contributed by atoms with Crippen LogP contribution in [0.25, 0.3) is 11.1 Å². The van der Waals surface area contributed by atoms with Gasteiger partial charge in [0.1, 0.15) is 17.5 Å². The molecule has 0 unspecified atom stereocenters. The Labute approximate surface area is 103 Å². The number of aliphatic carboxylic acids is 1. The van der Waals surface area contributed by atoms with Crippen LogP contribution >= 0.6 is 0 Å². The van der Waals surface area contributed by atoms with E-state index in [0.717, 1.165) is 17.5 Å². The quantitative estimate of drug-likeness (QED) is 0.750. The molecule has 0 saturated carbocycles. The van der Waals surface area contributed by atoms with E-state index < -0.39 is 5.97 Å². The molecule has 2 rings (SSSR count). The highest BCUT2D eigenvalue weighted by molar-refractivity contribution is 5.87. The smallest absolute Gasteiger partial charge is 0.303 e. The average molecular weight is 250 g/mol. The number of fused-ring (bicyclic) bond motifs is 1. The van der Waals surface area contributed by atoms with Crippen LogP contribution in [-0.2, 0) is 4.79 Å². The highest BCUT2D eigenvalue weighted by Crippen LogP contribution is 2.22. The third-order valence-electron chi connectivity index (χ3n) is 2.55. The summed E-state index contributed by atoms with van der Waals surface area (Å²) in [4.78, 5) is 18.5. The average Bonchev–Trinajstić information content (AvgIpc) is 2.71. The molecule has 7 heteroatoms. The van der Waals surface area contributed by atoms with Gasteiger partial charge in [-0.05, 0) is 19.8 Å². The van der Waals surface area contributed by atoms with Crippen molar-refractivity contribution in [1.82, 2.24) is 15.1 Å². The van der Waals surface area contributed by atoms with Crippen molar-refractivity contribution in [2.75, 3.05) is 11.9 Å². The summed E-state index contributed by atoms with van der Waals surface area (Å²) in [6.45, 7) is 2.48. The van der Waals surface area contributed by atoms with Crippen molar-refractivity contribution >= 4 is 22.9 Å². The van der Waals surface area contributed by atoms with Crippen molar-refractivity contribution in [3.05, 3.63) is 12.0 Å². The molecule has 2 N–H and O–H groups in total. The predicted octanol–water partition coefficient (Wildman–Crippen LogP) is 1.59. The number of nitrogens with one attached hydrogen (secondary N) is 1. The summed E-state index contributed by atoms with van der Waals surface area (Å²) < 4.78 is 5.03. The molecule has 0 aliphatic carbocycles. The summed E-state index contributed by atoms with van der Waals surface area (Å²) in [5.41, 5.74) is 1.19. The molecule has 18 heavy (non-hydrogen) atoms. The lowest BCUT2D eigenvalue weighted by molar-refractivity contribution is -0.137. The van der Waals surface area contributed by atoms with Gasteiger partial charge >= 0.3 is 5.97 Å². The standard InChI is InChI=1S/C11H14N4O3/c1-7-9-10(12-5-3-2-4-8(16)17)13-6-14-11(9)18-15-7/h6H,2-5H2,1H3,(H,16,17)(H,12,13,14). The maximum Gasteiger partial charge on any atom is 0.303 e. The SMILES string of the molecule is Cc1noc2ncnc(NCCCCC(=O)O)c12. The van der Waals surface area contributed by atoms with Crippen LogP contribution < -0.4 is 5.32 Å². The first-order chi connectivity index (χ1) is 8.68. The fourth-order valence-corrected chi connectivity index (χ4v) is 1.66. The zero-order valence-corrected chi connectivity index (χ0v) is 10.0. The minimum atomic E-state index is -0.769. The van der Waals surface area contributed by atoms with Crippen molar-refractivity contribution in [3.8, 4) is 0 Å². The van der Waals surface area contributed by atoms with Crippen LogP contribution in [0.15, 0.2) is 10.9 Å². The molecule has 0 bridgehead atoms. The van der Waals surface area contributed by atoms with Crippen LogP contribution in [0.5, 0.6) is 0 Å². The molecule has 0 aromatic carbocycles. The van der Waals surface area contributed by atoms with Gasteiger partial charge in [0.25, 0.3) is 5.71 Å². The number of unbranched alkanes of at least 4 members (excludes halogenated alkanes) is 1. The van der Waals surface area contributed by atoms with Crippen molar-refractivity contribution in [2.24, 2.45) is 0 Å². The second-order valence-corrected chi connectivity index (χ2v) is 3.95. The third kappa shape index (κ3) is 2.73. The fraction of sp³-hybridized carbons (Fsp3) is 0.455. The number of rotatable bonds is 6. The number of carboxylic acid groups (broad SMARTS) is 1. The maximum atomic E-state index is 10.4. The van der Waals surface area contributed by atoms with E-state index in [4.69, 9.17) is 9.63 Å². The fourth-order valence-electron chi connectivity index (χ4n) is 1.66. The summed E-state index contributed by atoms with van der Waals surface area (Å²) in [5, 5.41) is 16.3. The highest BCUT2D eigenvalue weighted by atomic mass is 16.5. The molecule has 2 aromatic rings. The van der Waals surface area contributed by atoms with Crippen molar-refractivity contribution < 1.29 is 14.4 Å². The molecule has 0 atom stereocenters. The Balaban J connectivity index is 1.95. The number of aryl methyl sites for hydroxylation is 1. The number of hydrogen-bond donors (Lipinski definition) is 2. The van der Waals surface area contributed by atoms with Crippen LogP contribution in [0.4, 0.5) is 5.82 Å². The molecule has 0 saturated heterocycles. The lowest BCUT2D eigenvalue weighted by Gasteiger charge is -2.05. The summed E-state index contributed by atoms with van der Waals surface area (Å²) in [7, 11) is 0. The molecule has 0 amide bonds. The number of carbonyl (C=O) groups is 1. The topological polar surface area (TPSA) is 101 Å². The Morgan fingerprint density at radius 3 is 3.06 bits per heavy atom. The van der Waals surface area contributed by atoms with Gasteiger partial charge in [0.2, 0.25) is 0 Å². The van der Waals surface area contributed by atoms with E-state index in [0.29, 0.717) is 24.5 Å². The molecule has 7 nitrogen and oxygen atoms in total. The molecule has 0 spiro atoms. The van der Waals surface area contributed by atoms with Crippen LogP contribution in [0.1, 0.15) is 25.0 Å². The van der Waals surface area contributed by atoms with Gasteiger partial charge in [0.15, 0.2) is 0 Å². The molecule has 96 valence electrons. The minimum Gasteiger partial charge on any atom is -0.481 e. The van der Waals surface area contributed by atoms with Crippen LogP contribution in [0.2, 0.25) is 0 Å². The van der Waals surface area contributed by atoms with Gasteiger partial charge < -0.3 is 14.9 Å². The van der Waals surface area contributed by atoms with Crippen LogP contribution in [0.3, 0.4) is 0 Å². The first-order valence-corrected chi connectivity index (χ1v) is 5.71. The second kappa shape index (κ2) is 5.44. The van der Waals surface area contributed by atoms with Crippen LogP contribution in [0, 0.1) is 6.92 Å². The Kier molecular flexibility index (Phi) is 3.71. The normalized spacial score (nSPS) is 10.7. The number of aromatic nitrogens is 3. The molecule has 2 heterocycles. The lowest BCUT2D eigenvalue weighted by Crippen LogP contribution is -2.05. The molecule has 0 fully saturated rings. The number of anilines is 1. The van der Waals surface area contributed by atoms with E-state index in [1.807, 2.05) is 6.92 Å². The molecule has 0 aliphatic rings. The zero-order valence-electron chi connectivity index (χ0n) is 10.0. The molecule has 0 radical (unpaired) electrons. The largest absolute Gasteiger partial charge is 0.481 e. The minimum absolute atomic E-state index is 0.188. The van der Waals surface area contributed by atoms with Gasteiger partial charge in [-0.15, -0.1) is 0 Å². The first-order valence-electron chi connectivity index (χ1n) is 5.71. The van der Waals surface area contributed by atoms with Crippen molar-refractivity contribution in [1.29, 1.82) is 0 Å². The Morgan fingerprint density at radius 1 is 1.44 bits per heavy atom. The molecule has 2 aromatic heterocycles. The molecule has 0 aliphatic heterocycles. The van der Waals surface area contributed by atoms with E-state index in [1.165, 1.54) is 6.33 Å². The number of carboxylic acids is 1. The Hall–Kier alpha value is -2.18. The van der Waals surface area contributed by atoms with Gasteiger partial charge in [0, 0.05) is 13.0 Å². The number of hydrogen-bond acceptors (Lipinski definition) is 6. The summed E-state index contributed by atoms with van der Waals surface area (Å²) in [5.74, 6) is -0.0941. The van der Waals surface area contributed by atoms with E-state index >= 15 is 0 Å². The first kappa shape index (κ1) is 12.3. The van der Waals surface area contributed by atoms with Crippen molar-refractivity contribution in [3.63, 3.8) is 0 Å². The van der Waals surface area contributed by atoms with Crippen LogP contribution in [-0.4, -0.2) is 32.7 Å². The van der Waals surface area contributed by atoms with E-state index in [2.05, 4.69) is 20.4 Å². The Morgan fingerprint density at radius 2 is 2.28 bits per heavy atom. The molecular formula is C11H14N4O3. The Bertz CT molecular complexity index is 552. The van der Waals surface area contributed by atoms with Crippen molar-refractivity contribution in [2.45, 2.75) is 26.2 Å². The highest BCUT2D eigenvalue weighted by Gasteiger charge is 2.11. The van der Waals surface area contributed by atoms with Gasteiger partial charge in [0.05, 0.1) is 5.69 Å². The maximum absolute atomic E-state index is 10.4. The summed E-state index contributed by atoms with van der Waals surface area (Å²) in [6, 6.07) is 0. The van der Waals surface area contributed by atoms with Gasteiger partial charge in [-0.25, -0.2) is 4.98 Å². The van der Waals surface area contributed by atoms with Gasteiger partial charge in [-0.2, -0.15) is 4.98 Å². The summed E-state index contributed by atoms with van der Waals surface area (Å²) >= 11 is 0. The summed E-state index contributed by atoms with van der Waals surface area (Å²) in [6.07, 6.45) is 3.00. The van der Waals surface area contributed by atoms with E-state index in [1.54, 1.807) is 0 Å². The van der Waals surface area contributed by atoms with E-state index in [-0.39, 0.29) is 6.42 Å². The number of nitrogens with zero attached hydrogens (tertiary/aromatic N) is 3. The lowest BCUT2D eigenvalue weighted by atomic mass is 10.2. The third-order valence-corrected chi connectivity index (χ3v) is 2.55. The van der Waals surface area contributed by atoms with E-state index in [9.17, 15) is 4.79 Å². The zero-order chi connectivity index (χ0) is 13.0. The predicted molar refractivity (Wildman–Crippen MR) is 64.3 cm³/mol. The van der Waals surface area contributed by atoms with Gasteiger partial charge in [-0.1, -0.05) is 5.16 Å². The second-order valence-electron chi connectivity index (χ2n) is 3.95.